The topological polar surface area (TPSA) is 68.0 Å². The summed E-state index contributed by atoms with van der Waals surface area (Å²) in [6.45, 7) is 1.97. The lowest BCUT2D eigenvalue weighted by Crippen LogP contribution is -2.25. The van der Waals surface area contributed by atoms with Crippen LogP contribution in [0.15, 0.2) is 60.7 Å². The molecular formula is C18H17N3OS. The van der Waals surface area contributed by atoms with Crippen LogP contribution >= 0.6 is 11.3 Å². The number of aromatic nitrogens is 1. The van der Waals surface area contributed by atoms with Gasteiger partial charge in [0.15, 0.2) is 0 Å². The number of nitrogen functional groups attached to an aromatic ring is 1. The van der Waals surface area contributed by atoms with Crippen molar-refractivity contribution < 1.29 is 4.79 Å². The number of carbonyl (C=O) groups excluding carboxylic acids is 1. The summed E-state index contributed by atoms with van der Waals surface area (Å²) in [5.74, 6) is 0.390. The molecule has 0 spiro atoms. The van der Waals surface area contributed by atoms with Gasteiger partial charge in [-0.05, 0) is 36.8 Å². The van der Waals surface area contributed by atoms with Gasteiger partial charge >= 0.3 is 0 Å². The van der Waals surface area contributed by atoms with Crippen LogP contribution in [-0.2, 0) is 0 Å². The van der Waals surface area contributed by atoms with Gasteiger partial charge in [-0.1, -0.05) is 36.4 Å². The minimum Gasteiger partial charge on any atom is -0.384 e. The SMILES string of the molecule is C[C@@H](NC(=O)c1ccc(-c2cccc(N)n2)s1)c1ccccc1. The molecule has 0 saturated carbocycles. The maximum absolute atomic E-state index is 12.4. The van der Waals surface area contributed by atoms with E-state index in [0.717, 1.165) is 16.1 Å². The standard InChI is InChI=1S/C18H17N3OS/c1-12(13-6-3-2-4-7-13)20-18(22)16-11-10-15(23-16)14-8-5-9-17(19)21-14/h2-12H,1H3,(H2,19,21)(H,20,22)/t12-/m1/s1. The first-order chi connectivity index (χ1) is 11.1. The Morgan fingerprint density at radius 1 is 1.09 bits per heavy atom. The van der Waals surface area contributed by atoms with Gasteiger partial charge in [0.25, 0.3) is 5.91 Å². The van der Waals surface area contributed by atoms with E-state index in [1.165, 1.54) is 11.3 Å². The third-order valence-corrected chi connectivity index (χ3v) is 4.61. The van der Waals surface area contributed by atoms with E-state index in [1.807, 2.05) is 61.5 Å². The van der Waals surface area contributed by atoms with Crippen LogP contribution in [0.25, 0.3) is 10.6 Å². The Bertz CT molecular complexity index is 814. The van der Waals surface area contributed by atoms with Gasteiger partial charge in [-0.15, -0.1) is 11.3 Å². The molecule has 0 fully saturated rings. The highest BCUT2D eigenvalue weighted by molar-refractivity contribution is 7.17. The van der Waals surface area contributed by atoms with Gasteiger partial charge in [0, 0.05) is 0 Å². The van der Waals surface area contributed by atoms with Crippen molar-refractivity contribution >= 4 is 23.1 Å². The number of nitrogens with zero attached hydrogens (tertiary/aromatic N) is 1. The minimum atomic E-state index is -0.0819. The summed E-state index contributed by atoms with van der Waals surface area (Å²) in [7, 11) is 0. The van der Waals surface area contributed by atoms with Gasteiger partial charge in [0.2, 0.25) is 0 Å². The first-order valence-corrected chi connectivity index (χ1v) is 8.13. The Morgan fingerprint density at radius 3 is 2.61 bits per heavy atom. The van der Waals surface area contributed by atoms with Gasteiger partial charge in [-0.2, -0.15) is 0 Å². The Kier molecular flexibility index (Phi) is 4.39. The molecule has 0 radical (unpaired) electrons. The highest BCUT2D eigenvalue weighted by Crippen LogP contribution is 2.27. The summed E-state index contributed by atoms with van der Waals surface area (Å²) in [5, 5.41) is 3.02. The number of carbonyl (C=O) groups is 1. The van der Waals surface area contributed by atoms with E-state index in [-0.39, 0.29) is 11.9 Å². The van der Waals surface area contributed by atoms with E-state index in [0.29, 0.717) is 10.7 Å². The first kappa shape index (κ1) is 15.2. The van der Waals surface area contributed by atoms with Crippen molar-refractivity contribution in [2.45, 2.75) is 13.0 Å². The van der Waals surface area contributed by atoms with Crippen molar-refractivity contribution in [1.82, 2.24) is 10.3 Å². The van der Waals surface area contributed by atoms with Crippen LogP contribution in [0.3, 0.4) is 0 Å². The molecule has 0 aliphatic carbocycles. The molecule has 23 heavy (non-hydrogen) atoms. The highest BCUT2D eigenvalue weighted by Gasteiger charge is 2.14. The van der Waals surface area contributed by atoms with Crippen LogP contribution in [0.2, 0.25) is 0 Å². The molecule has 116 valence electrons. The number of nitrogens with two attached hydrogens (primary N) is 1. The molecule has 2 aromatic heterocycles. The van der Waals surface area contributed by atoms with Crippen LogP contribution in [0.5, 0.6) is 0 Å². The second kappa shape index (κ2) is 6.62. The van der Waals surface area contributed by atoms with Gasteiger partial charge < -0.3 is 11.1 Å². The lowest BCUT2D eigenvalue weighted by Gasteiger charge is -2.13. The molecule has 0 unspecified atom stereocenters. The van der Waals surface area contributed by atoms with Gasteiger partial charge in [-0.25, -0.2) is 4.98 Å². The molecule has 3 aromatic rings. The van der Waals surface area contributed by atoms with Crippen LogP contribution < -0.4 is 11.1 Å². The largest absolute Gasteiger partial charge is 0.384 e. The summed E-state index contributed by atoms with van der Waals surface area (Å²) in [6, 6.07) is 19.0. The number of anilines is 1. The number of hydrogen-bond acceptors (Lipinski definition) is 4. The van der Waals surface area contributed by atoms with Crippen LogP contribution in [0.4, 0.5) is 5.82 Å². The molecule has 3 rings (SSSR count). The van der Waals surface area contributed by atoms with Crippen molar-refractivity contribution in [3.05, 3.63) is 71.1 Å². The average Bonchev–Trinajstić information content (AvgIpc) is 3.06. The number of thiophene rings is 1. The van der Waals surface area contributed by atoms with Crippen molar-refractivity contribution in [2.24, 2.45) is 0 Å². The maximum Gasteiger partial charge on any atom is 0.261 e. The fourth-order valence-corrected chi connectivity index (χ4v) is 3.16. The second-order valence-electron chi connectivity index (χ2n) is 5.22. The molecule has 4 nitrogen and oxygen atoms in total. The fourth-order valence-electron chi connectivity index (χ4n) is 2.28. The Hall–Kier alpha value is -2.66. The predicted molar refractivity (Wildman–Crippen MR) is 94.3 cm³/mol. The summed E-state index contributed by atoms with van der Waals surface area (Å²) < 4.78 is 0. The molecule has 1 amide bonds. The third-order valence-electron chi connectivity index (χ3n) is 3.50. The number of rotatable bonds is 4. The van der Waals surface area contributed by atoms with Crippen molar-refractivity contribution in [2.75, 3.05) is 5.73 Å². The van der Waals surface area contributed by atoms with E-state index < -0.39 is 0 Å². The van der Waals surface area contributed by atoms with Crippen molar-refractivity contribution in [3.8, 4) is 10.6 Å². The van der Waals surface area contributed by atoms with E-state index in [4.69, 9.17) is 5.73 Å². The van der Waals surface area contributed by atoms with Crippen molar-refractivity contribution in [1.29, 1.82) is 0 Å². The summed E-state index contributed by atoms with van der Waals surface area (Å²) >= 11 is 1.41. The van der Waals surface area contributed by atoms with E-state index >= 15 is 0 Å². The number of hydrogen-bond donors (Lipinski definition) is 2. The summed E-state index contributed by atoms with van der Waals surface area (Å²) in [4.78, 5) is 18.3. The predicted octanol–water partition coefficient (Wildman–Crippen LogP) is 3.88. The molecule has 2 heterocycles. The average molecular weight is 323 g/mol. The van der Waals surface area contributed by atoms with Crippen LogP contribution in [0.1, 0.15) is 28.2 Å². The van der Waals surface area contributed by atoms with Gasteiger partial charge in [0.1, 0.15) is 5.82 Å². The Morgan fingerprint density at radius 2 is 1.87 bits per heavy atom. The number of nitrogens with one attached hydrogen (secondary N) is 1. The van der Waals surface area contributed by atoms with Crippen LogP contribution in [-0.4, -0.2) is 10.9 Å². The van der Waals surface area contributed by atoms with Gasteiger partial charge in [0.05, 0.1) is 21.5 Å². The highest BCUT2D eigenvalue weighted by atomic mass is 32.1. The maximum atomic E-state index is 12.4. The Labute approximate surface area is 139 Å². The number of amides is 1. The molecule has 1 atom stereocenters. The lowest BCUT2D eigenvalue weighted by atomic mass is 10.1. The summed E-state index contributed by atoms with van der Waals surface area (Å²) in [6.07, 6.45) is 0. The number of pyridine rings is 1. The quantitative estimate of drug-likeness (QED) is 0.765. The normalized spacial score (nSPS) is 11.9. The van der Waals surface area contributed by atoms with Gasteiger partial charge in [-0.3, -0.25) is 4.79 Å². The molecule has 5 heteroatoms. The third kappa shape index (κ3) is 3.57. The second-order valence-corrected chi connectivity index (χ2v) is 6.30. The van der Waals surface area contributed by atoms with E-state index in [2.05, 4.69) is 10.3 Å². The molecule has 0 bridgehead atoms. The molecule has 0 aliphatic heterocycles. The Balaban J connectivity index is 1.74. The molecule has 0 saturated heterocycles. The molecule has 1 aromatic carbocycles. The number of benzene rings is 1. The van der Waals surface area contributed by atoms with Crippen molar-refractivity contribution in [3.63, 3.8) is 0 Å². The zero-order chi connectivity index (χ0) is 16.2. The van der Waals surface area contributed by atoms with E-state index in [1.54, 1.807) is 6.07 Å². The molecule has 3 N–H and O–H groups in total. The molecule has 0 aliphatic rings. The first-order valence-electron chi connectivity index (χ1n) is 7.32. The lowest BCUT2D eigenvalue weighted by molar-refractivity contribution is 0.0944. The van der Waals surface area contributed by atoms with E-state index in [9.17, 15) is 4.79 Å². The zero-order valence-electron chi connectivity index (χ0n) is 12.7. The summed E-state index contributed by atoms with van der Waals surface area (Å²) in [5.41, 5.74) is 7.57. The van der Waals surface area contributed by atoms with Crippen LogP contribution in [0, 0.1) is 0 Å². The zero-order valence-corrected chi connectivity index (χ0v) is 13.5. The smallest absolute Gasteiger partial charge is 0.261 e. The molecular weight excluding hydrogens is 306 g/mol. The fraction of sp³-hybridized carbons (Fsp3) is 0.111. The monoisotopic (exact) mass is 323 g/mol. The minimum absolute atomic E-state index is 0.0419.